The van der Waals surface area contributed by atoms with Gasteiger partial charge in [0.25, 0.3) is 0 Å². The monoisotopic (exact) mass is 326 g/mol. The highest BCUT2D eigenvalue weighted by molar-refractivity contribution is 6.24. The molecule has 0 bridgehead atoms. The van der Waals surface area contributed by atoms with Crippen molar-refractivity contribution in [3.05, 3.63) is 65.7 Å². The minimum Gasteiger partial charge on any atom is -0.165 e. The lowest BCUT2D eigenvalue weighted by atomic mass is 9.80. The molecular weight excluding hydrogens is 304 g/mol. The molecule has 1 aliphatic rings. The zero-order valence-electron chi connectivity index (χ0n) is 13.6. The number of nitrogens with zero attached hydrogens (tertiary/aromatic N) is 2. The second-order valence-electron chi connectivity index (χ2n) is 6.49. The van der Waals surface area contributed by atoms with Crippen LogP contribution in [0.15, 0.2) is 64.8 Å². The van der Waals surface area contributed by atoms with Gasteiger partial charge in [-0.05, 0) is 50.3 Å². The van der Waals surface area contributed by atoms with Crippen LogP contribution in [-0.4, -0.2) is 5.00 Å². The molecule has 2 nitrogen and oxygen atoms in total. The molecule has 0 N–H and O–H groups in total. The Morgan fingerprint density at radius 1 is 1.04 bits per heavy atom. The molecule has 0 saturated heterocycles. The lowest BCUT2D eigenvalue weighted by molar-refractivity contribution is 0.264. The summed E-state index contributed by atoms with van der Waals surface area (Å²) in [5, 5.41) is 9.01. The lowest BCUT2D eigenvalue weighted by Gasteiger charge is -2.35. The fourth-order valence-electron chi connectivity index (χ4n) is 3.23. The molecule has 0 radical (unpaired) electrons. The van der Waals surface area contributed by atoms with Crippen LogP contribution in [0.1, 0.15) is 36.8 Å². The van der Waals surface area contributed by atoms with Gasteiger partial charge in [-0.3, -0.25) is 0 Å². The number of alkyl halides is 1. The van der Waals surface area contributed by atoms with Gasteiger partial charge in [0.15, 0.2) is 5.00 Å². The first-order valence-electron chi connectivity index (χ1n) is 8.38. The normalized spacial score (nSPS) is 24.9. The fraction of sp³-hybridized carbons (Fsp3) is 0.400. The van der Waals surface area contributed by atoms with Crippen molar-refractivity contribution in [1.29, 1.82) is 0 Å². The predicted molar refractivity (Wildman–Crippen MR) is 96.4 cm³/mol. The van der Waals surface area contributed by atoms with Gasteiger partial charge in [0.1, 0.15) is 0 Å². The topological polar surface area (TPSA) is 24.7 Å². The molecule has 0 aliphatic heterocycles. The van der Waals surface area contributed by atoms with E-state index in [9.17, 15) is 0 Å². The van der Waals surface area contributed by atoms with Crippen molar-refractivity contribution in [2.24, 2.45) is 16.1 Å². The molecular formula is C20H23ClN2. The van der Waals surface area contributed by atoms with E-state index in [-0.39, 0.29) is 0 Å². The van der Waals surface area contributed by atoms with Gasteiger partial charge in [0.05, 0.1) is 5.69 Å². The standard InChI is InChI=1S/C20H23ClN2/c1-16-10-12-19(13-11-16)22-23-20(21)14-6-5-9-18(20)15-17-7-3-2-4-8-17/h2-4,7-8,10-13,18H,5-6,9,14-15H2,1H3. The van der Waals surface area contributed by atoms with Crippen LogP contribution in [0.2, 0.25) is 0 Å². The minimum atomic E-state index is -0.570. The Balaban J connectivity index is 1.77. The zero-order valence-corrected chi connectivity index (χ0v) is 14.3. The number of rotatable bonds is 4. The summed E-state index contributed by atoms with van der Waals surface area (Å²) in [6.45, 7) is 2.07. The third-order valence-electron chi connectivity index (χ3n) is 4.65. The van der Waals surface area contributed by atoms with E-state index in [2.05, 4.69) is 59.6 Å². The molecule has 1 fully saturated rings. The van der Waals surface area contributed by atoms with Crippen LogP contribution >= 0.6 is 11.6 Å². The number of hydrogen-bond acceptors (Lipinski definition) is 2. The predicted octanol–water partition coefficient (Wildman–Crippen LogP) is 6.45. The van der Waals surface area contributed by atoms with Gasteiger partial charge in [-0.2, -0.15) is 10.2 Å². The smallest absolute Gasteiger partial charge is 0.158 e. The first-order valence-corrected chi connectivity index (χ1v) is 8.76. The lowest BCUT2D eigenvalue weighted by Crippen LogP contribution is -2.34. The Kier molecular flexibility index (Phi) is 5.12. The minimum absolute atomic E-state index is 0.342. The summed E-state index contributed by atoms with van der Waals surface area (Å²) in [5.74, 6) is 0.342. The van der Waals surface area contributed by atoms with E-state index in [0.29, 0.717) is 5.92 Å². The third kappa shape index (κ3) is 4.20. The molecule has 3 rings (SSSR count). The van der Waals surface area contributed by atoms with E-state index >= 15 is 0 Å². The molecule has 1 aliphatic carbocycles. The number of benzene rings is 2. The van der Waals surface area contributed by atoms with Crippen molar-refractivity contribution in [2.75, 3.05) is 0 Å². The SMILES string of the molecule is Cc1ccc(N=NC2(Cl)CCCCC2Cc2ccccc2)cc1. The molecule has 0 amide bonds. The maximum atomic E-state index is 6.91. The molecule has 2 aromatic rings. The summed E-state index contributed by atoms with van der Waals surface area (Å²) >= 11 is 6.91. The maximum Gasteiger partial charge on any atom is 0.158 e. The number of aryl methyl sites for hydroxylation is 1. The molecule has 0 spiro atoms. The molecule has 2 aromatic carbocycles. The molecule has 2 atom stereocenters. The molecule has 2 unspecified atom stereocenters. The Bertz CT molecular complexity index is 651. The van der Waals surface area contributed by atoms with Crippen LogP contribution in [0, 0.1) is 12.8 Å². The Labute approximate surface area is 143 Å². The summed E-state index contributed by atoms with van der Waals surface area (Å²) in [7, 11) is 0. The fourth-order valence-corrected chi connectivity index (χ4v) is 3.59. The largest absolute Gasteiger partial charge is 0.165 e. The van der Waals surface area contributed by atoms with E-state index in [1.165, 1.54) is 17.5 Å². The quantitative estimate of drug-likeness (QED) is 0.350. The van der Waals surface area contributed by atoms with E-state index in [0.717, 1.165) is 31.4 Å². The van der Waals surface area contributed by atoms with Crippen LogP contribution in [-0.2, 0) is 6.42 Å². The zero-order chi connectivity index (χ0) is 16.1. The molecule has 3 heteroatoms. The molecule has 0 heterocycles. The Morgan fingerprint density at radius 3 is 2.52 bits per heavy atom. The summed E-state index contributed by atoms with van der Waals surface area (Å²) < 4.78 is 0. The van der Waals surface area contributed by atoms with Crippen LogP contribution in [0.4, 0.5) is 5.69 Å². The van der Waals surface area contributed by atoms with Crippen molar-refractivity contribution in [3.63, 3.8) is 0 Å². The van der Waals surface area contributed by atoms with Gasteiger partial charge < -0.3 is 0 Å². The van der Waals surface area contributed by atoms with Crippen molar-refractivity contribution in [2.45, 2.75) is 44.0 Å². The van der Waals surface area contributed by atoms with Gasteiger partial charge in [-0.1, -0.05) is 66.0 Å². The average Bonchev–Trinajstić information content (AvgIpc) is 2.58. The highest BCUT2D eigenvalue weighted by Crippen LogP contribution is 2.43. The summed E-state index contributed by atoms with van der Waals surface area (Å²) in [6.07, 6.45) is 5.34. The Hall–Kier alpha value is -1.67. The van der Waals surface area contributed by atoms with Crippen molar-refractivity contribution in [3.8, 4) is 0 Å². The van der Waals surface area contributed by atoms with E-state index in [1.54, 1.807) is 0 Å². The van der Waals surface area contributed by atoms with Crippen molar-refractivity contribution >= 4 is 17.3 Å². The molecule has 23 heavy (non-hydrogen) atoms. The number of halogens is 1. The summed E-state index contributed by atoms with van der Waals surface area (Å²) in [6, 6.07) is 18.7. The van der Waals surface area contributed by atoms with Crippen LogP contribution in [0.5, 0.6) is 0 Å². The van der Waals surface area contributed by atoms with Crippen molar-refractivity contribution < 1.29 is 0 Å². The Morgan fingerprint density at radius 2 is 1.78 bits per heavy atom. The maximum absolute atomic E-state index is 6.91. The third-order valence-corrected chi connectivity index (χ3v) is 5.22. The van der Waals surface area contributed by atoms with E-state index in [4.69, 9.17) is 11.6 Å². The van der Waals surface area contributed by atoms with Gasteiger partial charge >= 0.3 is 0 Å². The molecule has 0 aromatic heterocycles. The second-order valence-corrected chi connectivity index (χ2v) is 7.14. The molecule has 120 valence electrons. The van der Waals surface area contributed by atoms with Crippen LogP contribution < -0.4 is 0 Å². The summed E-state index contributed by atoms with van der Waals surface area (Å²) in [5.41, 5.74) is 3.43. The van der Waals surface area contributed by atoms with Gasteiger partial charge in [0, 0.05) is 5.92 Å². The number of azo groups is 1. The van der Waals surface area contributed by atoms with E-state index < -0.39 is 5.00 Å². The first kappa shape index (κ1) is 16.2. The van der Waals surface area contributed by atoms with Crippen molar-refractivity contribution in [1.82, 2.24) is 0 Å². The van der Waals surface area contributed by atoms with Gasteiger partial charge in [-0.15, -0.1) is 0 Å². The molecule has 1 saturated carbocycles. The summed E-state index contributed by atoms with van der Waals surface area (Å²) in [4.78, 5) is -0.570. The van der Waals surface area contributed by atoms with Gasteiger partial charge in [-0.25, -0.2) is 0 Å². The highest BCUT2D eigenvalue weighted by Gasteiger charge is 2.39. The average molecular weight is 327 g/mol. The van der Waals surface area contributed by atoms with Gasteiger partial charge in [0.2, 0.25) is 0 Å². The second kappa shape index (κ2) is 7.27. The van der Waals surface area contributed by atoms with Crippen LogP contribution in [0.25, 0.3) is 0 Å². The number of hydrogen-bond donors (Lipinski definition) is 0. The highest BCUT2D eigenvalue weighted by atomic mass is 35.5. The van der Waals surface area contributed by atoms with Crippen LogP contribution in [0.3, 0.4) is 0 Å². The first-order chi connectivity index (χ1) is 11.2. The van der Waals surface area contributed by atoms with E-state index in [1.807, 2.05) is 12.1 Å².